The zero-order valence-corrected chi connectivity index (χ0v) is 17.5. The Morgan fingerprint density at radius 2 is 1.73 bits per heavy atom. The molecule has 0 radical (unpaired) electrons. The van der Waals surface area contributed by atoms with Gasteiger partial charge >= 0.3 is 0 Å². The molecular formula is C24H25NO5. The third-order valence-electron chi connectivity index (χ3n) is 5.30. The molecule has 1 fully saturated rings. The lowest BCUT2D eigenvalue weighted by Gasteiger charge is -2.26. The Labute approximate surface area is 175 Å². The van der Waals surface area contributed by atoms with Crippen molar-refractivity contribution in [1.82, 2.24) is 4.90 Å². The van der Waals surface area contributed by atoms with Crippen molar-refractivity contribution in [2.75, 3.05) is 32.9 Å². The SMILES string of the molecule is Cc1ccc(-c2oc3c(C)cc(C)cc3c(=O)c2OCC(=O)N2CCOCC2)cc1. The van der Waals surface area contributed by atoms with Crippen LogP contribution in [-0.4, -0.2) is 43.7 Å². The lowest BCUT2D eigenvalue weighted by atomic mass is 10.0. The Kier molecular flexibility index (Phi) is 5.59. The Bertz CT molecular complexity index is 1140. The molecule has 4 rings (SSSR count). The maximum Gasteiger partial charge on any atom is 0.260 e. The van der Waals surface area contributed by atoms with Gasteiger partial charge in [-0.15, -0.1) is 0 Å². The summed E-state index contributed by atoms with van der Waals surface area (Å²) in [4.78, 5) is 27.6. The first kappa shape index (κ1) is 20.2. The molecule has 1 saturated heterocycles. The van der Waals surface area contributed by atoms with Crippen LogP contribution in [0.4, 0.5) is 0 Å². The first-order valence-corrected chi connectivity index (χ1v) is 10.1. The molecule has 2 heterocycles. The van der Waals surface area contributed by atoms with Crippen molar-refractivity contribution in [3.05, 3.63) is 63.3 Å². The number of fused-ring (bicyclic) bond motifs is 1. The van der Waals surface area contributed by atoms with Crippen molar-refractivity contribution in [2.24, 2.45) is 0 Å². The molecule has 0 bridgehead atoms. The van der Waals surface area contributed by atoms with E-state index in [1.165, 1.54) is 0 Å². The number of ether oxygens (including phenoxy) is 2. The highest BCUT2D eigenvalue weighted by molar-refractivity contribution is 5.85. The summed E-state index contributed by atoms with van der Waals surface area (Å²) in [5.41, 5.74) is 3.94. The van der Waals surface area contributed by atoms with Crippen LogP contribution >= 0.6 is 0 Å². The van der Waals surface area contributed by atoms with Crippen LogP contribution in [0.15, 0.2) is 45.6 Å². The van der Waals surface area contributed by atoms with E-state index in [1.807, 2.05) is 51.1 Å². The van der Waals surface area contributed by atoms with Gasteiger partial charge in [0.25, 0.3) is 5.91 Å². The zero-order chi connectivity index (χ0) is 21.3. The van der Waals surface area contributed by atoms with Gasteiger partial charge in [0.2, 0.25) is 11.2 Å². The minimum absolute atomic E-state index is 0.0676. The normalized spacial score (nSPS) is 14.2. The van der Waals surface area contributed by atoms with Gasteiger partial charge < -0.3 is 18.8 Å². The second-order valence-corrected chi connectivity index (χ2v) is 7.70. The second kappa shape index (κ2) is 8.32. The molecular weight excluding hydrogens is 382 g/mol. The molecule has 1 aromatic heterocycles. The minimum atomic E-state index is -0.270. The molecule has 0 N–H and O–H groups in total. The van der Waals surface area contributed by atoms with E-state index in [1.54, 1.807) is 11.0 Å². The lowest BCUT2D eigenvalue weighted by molar-refractivity contribution is -0.137. The van der Waals surface area contributed by atoms with E-state index in [4.69, 9.17) is 13.9 Å². The number of aryl methyl sites for hydroxylation is 3. The summed E-state index contributed by atoms with van der Waals surface area (Å²) in [5, 5.41) is 0.456. The van der Waals surface area contributed by atoms with Crippen molar-refractivity contribution in [3.8, 4) is 17.1 Å². The van der Waals surface area contributed by atoms with Crippen LogP contribution in [0.25, 0.3) is 22.3 Å². The third-order valence-corrected chi connectivity index (χ3v) is 5.30. The van der Waals surface area contributed by atoms with Crippen LogP contribution in [0.2, 0.25) is 0 Å². The highest BCUT2D eigenvalue weighted by Crippen LogP contribution is 2.32. The summed E-state index contributed by atoms with van der Waals surface area (Å²) in [6.07, 6.45) is 0. The summed E-state index contributed by atoms with van der Waals surface area (Å²) in [7, 11) is 0. The van der Waals surface area contributed by atoms with Crippen LogP contribution < -0.4 is 10.2 Å². The fourth-order valence-corrected chi connectivity index (χ4v) is 3.70. The number of amides is 1. The largest absolute Gasteiger partial charge is 0.476 e. The van der Waals surface area contributed by atoms with Gasteiger partial charge in [0.15, 0.2) is 12.4 Å². The molecule has 0 unspecified atom stereocenters. The molecule has 0 aliphatic carbocycles. The Morgan fingerprint density at radius 3 is 2.43 bits per heavy atom. The molecule has 3 aromatic rings. The molecule has 0 atom stereocenters. The highest BCUT2D eigenvalue weighted by atomic mass is 16.5. The van der Waals surface area contributed by atoms with Gasteiger partial charge in [-0.05, 0) is 38.0 Å². The van der Waals surface area contributed by atoms with Gasteiger partial charge in [-0.2, -0.15) is 0 Å². The van der Waals surface area contributed by atoms with Gasteiger partial charge in [-0.3, -0.25) is 9.59 Å². The number of carbonyl (C=O) groups excluding carboxylic acids is 1. The van der Waals surface area contributed by atoms with E-state index in [0.29, 0.717) is 43.0 Å². The van der Waals surface area contributed by atoms with E-state index >= 15 is 0 Å². The number of rotatable bonds is 4. The van der Waals surface area contributed by atoms with E-state index < -0.39 is 0 Å². The number of hydrogen-bond donors (Lipinski definition) is 0. The van der Waals surface area contributed by atoms with Crippen molar-refractivity contribution in [3.63, 3.8) is 0 Å². The van der Waals surface area contributed by atoms with E-state index in [9.17, 15) is 9.59 Å². The van der Waals surface area contributed by atoms with Crippen molar-refractivity contribution in [2.45, 2.75) is 20.8 Å². The average Bonchev–Trinajstić information content (AvgIpc) is 2.74. The van der Waals surface area contributed by atoms with E-state index in [-0.39, 0.29) is 23.7 Å². The Hall–Kier alpha value is -3.12. The summed E-state index contributed by atoms with van der Waals surface area (Å²) in [5.74, 6) is 0.236. The fourth-order valence-electron chi connectivity index (χ4n) is 3.70. The first-order valence-electron chi connectivity index (χ1n) is 10.1. The molecule has 1 amide bonds. The molecule has 1 aliphatic heterocycles. The summed E-state index contributed by atoms with van der Waals surface area (Å²) >= 11 is 0. The van der Waals surface area contributed by atoms with Crippen LogP contribution in [0.3, 0.4) is 0 Å². The predicted molar refractivity (Wildman–Crippen MR) is 115 cm³/mol. The molecule has 30 heavy (non-hydrogen) atoms. The quantitative estimate of drug-likeness (QED) is 0.661. The molecule has 1 aliphatic rings. The molecule has 156 valence electrons. The van der Waals surface area contributed by atoms with Gasteiger partial charge in [0.05, 0.1) is 18.6 Å². The van der Waals surface area contributed by atoms with Crippen LogP contribution in [-0.2, 0) is 9.53 Å². The van der Waals surface area contributed by atoms with Crippen molar-refractivity contribution in [1.29, 1.82) is 0 Å². The monoisotopic (exact) mass is 407 g/mol. The molecule has 0 saturated carbocycles. The number of hydrogen-bond acceptors (Lipinski definition) is 5. The maximum atomic E-state index is 13.4. The van der Waals surface area contributed by atoms with Gasteiger partial charge in [0, 0.05) is 18.7 Å². The van der Waals surface area contributed by atoms with E-state index in [2.05, 4.69) is 0 Å². The number of nitrogens with zero attached hydrogens (tertiary/aromatic N) is 1. The van der Waals surface area contributed by atoms with Crippen LogP contribution in [0.1, 0.15) is 16.7 Å². The summed E-state index contributed by atoms with van der Waals surface area (Å²) in [6, 6.07) is 11.4. The first-order chi connectivity index (χ1) is 14.4. The highest BCUT2D eigenvalue weighted by Gasteiger charge is 2.22. The topological polar surface area (TPSA) is 69.0 Å². The molecule has 6 heteroatoms. The zero-order valence-electron chi connectivity index (χ0n) is 17.5. The predicted octanol–water partition coefficient (Wildman–Crippen LogP) is 3.62. The fraction of sp³-hybridized carbons (Fsp3) is 0.333. The summed E-state index contributed by atoms with van der Waals surface area (Å²) in [6.45, 7) is 7.69. The lowest BCUT2D eigenvalue weighted by Crippen LogP contribution is -2.43. The third kappa shape index (κ3) is 3.96. The van der Waals surface area contributed by atoms with Crippen molar-refractivity contribution < 1.29 is 18.7 Å². The van der Waals surface area contributed by atoms with Gasteiger partial charge in [-0.25, -0.2) is 0 Å². The average molecular weight is 407 g/mol. The molecule has 0 spiro atoms. The number of morpholine rings is 1. The van der Waals surface area contributed by atoms with Crippen LogP contribution in [0, 0.1) is 20.8 Å². The Morgan fingerprint density at radius 1 is 1.03 bits per heavy atom. The molecule has 6 nitrogen and oxygen atoms in total. The molecule has 2 aromatic carbocycles. The number of carbonyl (C=O) groups is 1. The van der Waals surface area contributed by atoms with Crippen molar-refractivity contribution >= 4 is 16.9 Å². The standard InChI is InChI=1S/C24H25NO5/c1-15-4-6-18(7-5-15)23-24(29-14-20(26)25-8-10-28-11-9-25)21(27)19-13-16(2)12-17(3)22(19)30-23/h4-7,12-13H,8-11,14H2,1-3H3. The number of benzene rings is 2. The second-order valence-electron chi connectivity index (χ2n) is 7.70. The van der Waals surface area contributed by atoms with Crippen LogP contribution in [0.5, 0.6) is 5.75 Å². The van der Waals surface area contributed by atoms with E-state index in [0.717, 1.165) is 22.3 Å². The Balaban J connectivity index is 1.78. The summed E-state index contributed by atoms with van der Waals surface area (Å²) < 4.78 is 17.3. The minimum Gasteiger partial charge on any atom is -0.476 e. The van der Waals surface area contributed by atoms with Gasteiger partial charge in [0.1, 0.15) is 5.58 Å². The smallest absolute Gasteiger partial charge is 0.260 e. The van der Waals surface area contributed by atoms with Gasteiger partial charge in [-0.1, -0.05) is 35.9 Å². The maximum absolute atomic E-state index is 13.4.